The first-order valence-corrected chi connectivity index (χ1v) is 11.3. The van der Waals surface area contributed by atoms with E-state index in [0.29, 0.717) is 25.1 Å². The highest BCUT2D eigenvalue weighted by atomic mass is 16.3. The fraction of sp³-hybridized carbons (Fsp3) is 0.333. The van der Waals surface area contributed by atoms with Crippen LogP contribution in [0.5, 0.6) is 0 Å². The molecule has 0 radical (unpaired) electrons. The highest BCUT2D eigenvalue weighted by Crippen LogP contribution is 2.32. The molecule has 0 spiro atoms. The highest BCUT2D eigenvalue weighted by Gasteiger charge is 2.35. The summed E-state index contributed by atoms with van der Waals surface area (Å²) in [6, 6.07) is 20.1. The zero-order valence-electron chi connectivity index (χ0n) is 18.7. The molecule has 1 fully saturated rings. The zero-order valence-corrected chi connectivity index (χ0v) is 18.7. The maximum absolute atomic E-state index is 13.2. The number of hydrogen-bond donors (Lipinski definition) is 1. The molecular weight excluding hydrogens is 400 g/mol. The van der Waals surface area contributed by atoms with Gasteiger partial charge in [0.1, 0.15) is 6.26 Å². The van der Waals surface area contributed by atoms with Crippen LogP contribution in [0, 0.1) is 5.92 Å². The monoisotopic (exact) mass is 430 g/mol. The van der Waals surface area contributed by atoms with E-state index < -0.39 is 0 Å². The Morgan fingerprint density at radius 3 is 2.47 bits per heavy atom. The second-order valence-corrected chi connectivity index (χ2v) is 8.59. The molecule has 166 valence electrons. The molecule has 0 bridgehead atoms. The van der Waals surface area contributed by atoms with Crippen molar-refractivity contribution in [2.45, 2.75) is 38.6 Å². The van der Waals surface area contributed by atoms with E-state index in [-0.39, 0.29) is 29.7 Å². The number of nitrogens with zero attached hydrogens (tertiary/aromatic N) is 1. The maximum Gasteiger partial charge on any atom is 0.257 e. The van der Waals surface area contributed by atoms with Crippen LogP contribution in [-0.2, 0) is 11.2 Å². The first-order valence-electron chi connectivity index (χ1n) is 11.3. The van der Waals surface area contributed by atoms with Gasteiger partial charge in [-0.2, -0.15) is 0 Å². The number of aryl methyl sites for hydroxylation is 1. The van der Waals surface area contributed by atoms with Gasteiger partial charge in [0.05, 0.1) is 23.8 Å². The molecule has 0 aliphatic carbocycles. The Morgan fingerprint density at radius 1 is 1.06 bits per heavy atom. The minimum atomic E-state index is -0.276. The molecule has 2 aromatic carbocycles. The quantitative estimate of drug-likeness (QED) is 0.601. The molecule has 2 amide bonds. The number of carbonyl (C=O) groups excluding carboxylic acids is 2. The fourth-order valence-corrected chi connectivity index (χ4v) is 4.45. The Labute approximate surface area is 189 Å². The summed E-state index contributed by atoms with van der Waals surface area (Å²) in [7, 11) is 0. The lowest BCUT2D eigenvalue weighted by atomic mass is 9.83. The number of rotatable bonds is 6. The van der Waals surface area contributed by atoms with Gasteiger partial charge in [0, 0.05) is 19.0 Å². The molecular formula is C27H30N2O3. The third-order valence-corrected chi connectivity index (χ3v) is 6.39. The molecule has 1 aromatic heterocycles. The van der Waals surface area contributed by atoms with Gasteiger partial charge >= 0.3 is 0 Å². The number of furan rings is 1. The van der Waals surface area contributed by atoms with Crippen LogP contribution < -0.4 is 5.32 Å². The van der Waals surface area contributed by atoms with Crippen molar-refractivity contribution >= 4 is 11.8 Å². The smallest absolute Gasteiger partial charge is 0.257 e. The van der Waals surface area contributed by atoms with Crippen LogP contribution in [0.2, 0.25) is 0 Å². The van der Waals surface area contributed by atoms with Gasteiger partial charge in [-0.3, -0.25) is 9.59 Å². The molecule has 3 aromatic rings. The number of amides is 2. The number of piperidine rings is 1. The van der Waals surface area contributed by atoms with E-state index in [9.17, 15) is 9.59 Å². The van der Waals surface area contributed by atoms with Gasteiger partial charge < -0.3 is 14.6 Å². The molecule has 2 heterocycles. The first-order chi connectivity index (χ1) is 15.5. The topological polar surface area (TPSA) is 62.6 Å². The van der Waals surface area contributed by atoms with Gasteiger partial charge in [-0.1, -0.05) is 61.5 Å². The Hall–Kier alpha value is -3.34. The van der Waals surface area contributed by atoms with Gasteiger partial charge in [-0.15, -0.1) is 0 Å². The van der Waals surface area contributed by atoms with Gasteiger partial charge in [0.15, 0.2) is 0 Å². The van der Waals surface area contributed by atoms with Crippen molar-refractivity contribution in [3.63, 3.8) is 0 Å². The molecule has 1 saturated heterocycles. The van der Waals surface area contributed by atoms with E-state index in [1.165, 1.54) is 23.7 Å². The lowest BCUT2D eigenvalue weighted by molar-refractivity contribution is -0.127. The summed E-state index contributed by atoms with van der Waals surface area (Å²) in [5, 5.41) is 3.15. The molecule has 0 saturated carbocycles. The van der Waals surface area contributed by atoms with Crippen molar-refractivity contribution in [3.05, 3.63) is 95.4 Å². The zero-order chi connectivity index (χ0) is 22.5. The predicted molar refractivity (Wildman–Crippen MR) is 124 cm³/mol. The van der Waals surface area contributed by atoms with Gasteiger partial charge in [0.2, 0.25) is 5.91 Å². The predicted octanol–water partition coefficient (Wildman–Crippen LogP) is 4.97. The standard InChI is InChI=1S/C27H30N2O3/c1-3-20-9-11-22(12-10-20)24-15-25(17-29(16-24)27(31)23-13-14-32-18-23)26(30)28-19(2)21-7-5-4-6-8-21/h4-14,18-19,24-25H,3,15-17H2,1-2H3,(H,28,30)/t19-,24-,25-/m1/s1. The average molecular weight is 431 g/mol. The number of likely N-dealkylation sites (tertiary alicyclic amines) is 1. The highest BCUT2D eigenvalue weighted by molar-refractivity contribution is 5.94. The second kappa shape index (κ2) is 9.86. The summed E-state index contributed by atoms with van der Waals surface area (Å²) in [5.74, 6) is -0.279. The summed E-state index contributed by atoms with van der Waals surface area (Å²) < 4.78 is 5.11. The minimum Gasteiger partial charge on any atom is -0.472 e. The van der Waals surface area contributed by atoms with E-state index in [1.54, 1.807) is 11.0 Å². The molecule has 5 nitrogen and oxygen atoms in total. The van der Waals surface area contributed by atoms with Crippen LogP contribution in [0.3, 0.4) is 0 Å². The van der Waals surface area contributed by atoms with Gasteiger partial charge in [-0.05, 0) is 42.5 Å². The van der Waals surface area contributed by atoms with Crippen molar-refractivity contribution in [1.82, 2.24) is 10.2 Å². The van der Waals surface area contributed by atoms with Crippen molar-refractivity contribution in [2.24, 2.45) is 5.92 Å². The summed E-state index contributed by atoms with van der Waals surface area (Å²) >= 11 is 0. The van der Waals surface area contributed by atoms with Crippen molar-refractivity contribution < 1.29 is 14.0 Å². The first kappa shape index (κ1) is 21.9. The summed E-state index contributed by atoms with van der Waals surface area (Å²) in [5.41, 5.74) is 4.03. The van der Waals surface area contributed by atoms with Crippen LogP contribution >= 0.6 is 0 Å². The van der Waals surface area contributed by atoms with Crippen molar-refractivity contribution in [3.8, 4) is 0 Å². The molecule has 1 aliphatic rings. The van der Waals surface area contributed by atoms with Gasteiger partial charge in [-0.25, -0.2) is 0 Å². The van der Waals surface area contributed by atoms with Crippen LogP contribution in [-0.4, -0.2) is 29.8 Å². The van der Waals surface area contributed by atoms with E-state index in [4.69, 9.17) is 4.42 Å². The van der Waals surface area contributed by atoms with Crippen LogP contribution in [0.15, 0.2) is 77.6 Å². The number of hydrogen-bond acceptors (Lipinski definition) is 3. The fourth-order valence-electron chi connectivity index (χ4n) is 4.45. The summed E-state index contributed by atoms with van der Waals surface area (Å²) in [6.07, 6.45) is 4.67. The molecule has 1 N–H and O–H groups in total. The maximum atomic E-state index is 13.2. The average Bonchev–Trinajstić information content (AvgIpc) is 3.39. The molecule has 1 aliphatic heterocycles. The normalized spacial score (nSPS) is 19.4. The molecule has 4 rings (SSSR count). The van der Waals surface area contributed by atoms with E-state index >= 15 is 0 Å². The molecule has 32 heavy (non-hydrogen) atoms. The summed E-state index contributed by atoms with van der Waals surface area (Å²) in [6.45, 7) is 5.12. The van der Waals surface area contributed by atoms with Crippen LogP contribution in [0.1, 0.15) is 59.3 Å². The lowest BCUT2D eigenvalue weighted by Crippen LogP contribution is -2.48. The van der Waals surface area contributed by atoms with E-state index in [1.807, 2.05) is 37.3 Å². The minimum absolute atomic E-state index is 0.0128. The molecule has 3 atom stereocenters. The second-order valence-electron chi connectivity index (χ2n) is 8.59. The Bertz CT molecular complexity index is 1030. The Kier molecular flexibility index (Phi) is 6.74. The lowest BCUT2D eigenvalue weighted by Gasteiger charge is -2.37. The Morgan fingerprint density at radius 2 is 1.81 bits per heavy atom. The molecule has 5 heteroatoms. The van der Waals surface area contributed by atoms with E-state index in [2.05, 4.69) is 36.5 Å². The third-order valence-electron chi connectivity index (χ3n) is 6.39. The van der Waals surface area contributed by atoms with Crippen molar-refractivity contribution in [2.75, 3.05) is 13.1 Å². The SMILES string of the molecule is CCc1ccc([C@@H]2C[C@@H](C(=O)N[C@H](C)c3ccccc3)CN(C(=O)c3ccoc3)C2)cc1. The van der Waals surface area contributed by atoms with Gasteiger partial charge in [0.25, 0.3) is 5.91 Å². The van der Waals surface area contributed by atoms with Crippen LogP contribution in [0.25, 0.3) is 0 Å². The number of carbonyl (C=O) groups is 2. The van der Waals surface area contributed by atoms with Crippen LogP contribution in [0.4, 0.5) is 0 Å². The summed E-state index contributed by atoms with van der Waals surface area (Å²) in [4.78, 5) is 28.1. The number of nitrogens with one attached hydrogen (secondary N) is 1. The van der Waals surface area contributed by atoms with Crippen molar-refractivity contribution in [1.29, 1.82) is 0 Å². The Balaban J connectivity index is 1.54. The molecule has 0 unspecified atom stereocenters. The third kappa shape index (κ3) is 4.93. The largest absolute Gasteiger partial charge is 0.472 e. The number of benzene rings is 2. The van der Waals surface area contributed by atoms with E-state index in [0.717, 1.165) is 12.0 Å².